The summed E-state index contributed by atoms with van der Waals surface area (Å²) in [5, 5.41) is 7.16. The van der Waals surface area contributed by atoms with Crippen LogP contribution in [0.3, 0.4) is 0 Å². The summed E-state index contributed by atoms with van der Waals surface area (Å²) in [6.45, 7) is 0. The maximum Gasteiger partial charge on any atom is 0.223 e. The van der Waals surface area contributed by atoms with Gasteiger partial charge in [0.15, 0.2) is 0 Å². The van der Waals surface area contributed by atoms with Crippen molar-refractivity contribution in [3.63, 3.8) is 0 Å². The van der Waals surface area contributed by atoms with Crippen LogP contribution in [-0.4, -0.2) is 34.6 Å². The second-order valence-electron chi connectivity index (χ2n) is 4.56. The molecule has 2 atom stereocenters. The minimum absolute atomic E-state index is 0.306. The van der Waals surface area contributed by atoms with Gasteiger partial charge in [0.05, 0.1) is 0 Å². The van der Waals surface area contributed by atoms with Crippen LogP contribution in [0.5, 0.6) is 0 Å². The van der Waals surface area contributed by atoms with Gasteiger partial charge < -0.3 is 16.4 Å². The summed E-state index contributed by atoms with van der Waals surface area (Å²) in [7, 11) is 1.83. The van der Waals surface area contributed by atoms with Gasteiger partial charge in [0.2, 0.25) is 5.95 Å². The summed E-state index contributed by atoms with van der Waals surface area (Å²) in [6, 6.07) is 2.38. The Morgan fingerprint density at radius 3 is 2.72 bits per heavy atom. The molecule has 1 aromatic rings. The van der Waals surface area contributed by atoms with Crippen LogP contribution in [0.1, 0.15) is 25.7 Å². The topological polar surface area (TPSA) is 75.9 Å². The molecule has 5 nitrogen and oxygen atoms in total. The number of nitrogens with two attached hydrogens (primary N) is 1. The van der Waals surface area contributed by atoms with E-state index in [-0.39, 0.29) is 0 Å². The van der Waals surface area contributed by atoms with Crippen molar-refractivity contribution in [3.8, 4) is 0 Å². The summed E-state index contributed by atoms with van der Waals surface area (Å²) in [6.07, 6.45) is 7.27. The van der Waals surface area contributed by atoms with Crippen molar-refractivity contribution in [1.29, 1.82) is 0 Å². The third kappa shape index (κ3) is 3.19. The Hall–Kier alpha value is -1.17. The van der Waals surface area contributed by atoms with Crippen molar-refractivity contribution in [2.24, 2.45) is 0 Å². The number of anilines is 3. The number of thioether (sulfide) groups is 1. The van der Waals surface area contributed by atoms with E-state index in [1.54, 1.807) is 0 Å². The molecule has 0 aromatic carbocycles. The molecule has 1 saturated carbocycles. The van der Waals surface area contributed by atoms with Gasteiger partial charge in [0.25, 0.3) is 0 Å². The quantitative estimate of drug-likeness (QED) is 0.776. The van der Waals surface area contributed by atoms with Crippen LogP contribution in [0.15, 0.2) is 6.07 Å². The number of nitrogens with one attached hydrogen (secondary N) is 2. The Kier molecular flexibility index (Phi) is 4.52. The average Bonchev–Trinajstić information content (AvgIpc) is 2.38. The number of rotatable bonds is 4. The van der Waals surface area contributed by atoms with Gasteiger partial charge >= 0.3 is 0 Å². The molecule has 0 radical (unpaired) electrons. The molecular weight excluding hydrogens is 246 g/mol. The van der Waals surface area contributed by atoms with Gasteiger partial charge in [-0.3, -0.25) is 0 Å². The second-order valence-corrected chi connectivity index (χ2v) is 5.63. The van der Waals surface area contributed by atoms with Crippen LogP contribution in [0.25, 0.3) is 0 Å². The van der Waals surface area contributed by atoms with Crippen molar-refractivity contribution >= 4 is 29.3 Å². The van der Waals surface area contributed by atoms with Gasteiger partial charge in [0, 0.05) is 24.4 Å². The van der Waals surface area contributed by atoms with Crippen molar-refractivity contribution in [3.05, 3.63) is 6.07 Å². The smallest absolute Gasteiger partial charge is 0.223 e. The lowest BCUT2D eigenvalue weighted by Crippen LogP contribution is -2.34. The van der Waals surface area contributed by atoms with Crippen LogP contribution in [0.2, 0.25) is 0 Å². The highest BCUT2D eigenvalue weighted by molar-refractivity contribution is 7.99. The first kappa shape index (κ1) is 13.3. The molecule has 1 aromatic heterocycles. The molecular formula is C12H21N5S. The molecule has 0 amide bonds. The normalized spacial score (nSPS) is 23.7. The molecule has 0 aliphatic heterocycles. The number of nitrogens with zero attached hydrogens (tertiary/aromatic N) is 2. The highest BCUT2D eigenvalue weighted by atomic mass is 32.2. The summed E-state index contributed by atoms with van der Waals surface area (Å²) in [4.78, 5) is 8.35. The van der Waals surface area contributed by atoms with E-state index in [0.717, 1.165) is 11.6 Å². The average molecular weight is 267 g/mol. The van der Waals surface area contributed by atoms with Crippen LogP contribution in [0, 0.1) is 0 Å². The molecule has 4 N–H and O–H groups in total. The predicted octanol–water partition coefficient (Wildman–Crippen LogP) is 2.19. The van der Waals surface area contributed by atoms with E-state index in [1.165, 1.54) is 25.7 Å². The molecule has 1 fully saturated rings. The van der Waals surface area contributed by atoms with Gasteiger partial charge in [-0.2, -0.15) is 21.7 Å². The second kappa shape index (κ2) is 6.13. The fraction of sp³-hybridized carbons (Fsp3) is 0.667. The minimum atomic E-state index is 0.306. The highest BCUT2D eigenvalue weighted by Crippen LogP contribution is 2.29. The summed E-state index contributed by atoms with van der Waals surface area (Å²) in [5.41, 5.74) is 5.70. The molecule has 18 heavy (non-hydrogen) atoms. The third-order valence-corrected chi connectivity index (χ3v) is 4.51. The van der Waals surface area contributed by atoms with Crippen LogP contribution < -0.4 is 16.4 Å². The van der Waals surface area contributed by atoms with Crippen LogP contribution in [-0.2, 0) is 0 Å². The highest BCUT2D eigenvalue weighted by Gasteiger charge is 2.24. The summed E-state index contributed by atoms with van der Waals surface area (Å²) in [5.74, 6) is 1.88. The largest absolute Gasteiger partial charge is 0.373 e. The molecule has 1 aliphatic carbocycles. The lowest BCUT2D eigenvalue weighted by molar-refractivity contribution is 0.474. The van der Waals surface area contributed by atoms with Gasteiger partial charge in [-0.25, -0.2) is 0 Å². The Bertz CT molecular complexity index is 398. The fourth-order valence-corrected chi connectivity index (χ4v) is 3.34. The molecule has 0 spiro atoms. The van der Waals surface area contributed by atoms with Gasteiger partial charge in [0.1, 0.15) is 11.6 Å². The standard InChI is InChI=1S/C12H21N5S/c1-14-10-7-11(17-12(13)16-10)15-8-5-3-4-6-9(8)18-2/h7-9H,3-6H2,1-2H3,(H4,13,14,15,16,17). The molecule has 1 aliphatic rings. The SMILES string of the molecule is CNc1cc(NC2CCCCC2SC)nc(N)n1. The number of nitrogen functional groups attached to an aromatic ring is 1. The minimum Gasteiger partial charge on any atom is -0.373 e. The molecule has 100 valence electrons. The fourth-order valence-electron chi connectivity index (χ4n) is 2.40. The Labute approximate surface area is 112 Å². The van der Waals surface area contributed by atoms with Crippen molar-refractivity contribution in [2.45, 2.75) is 37.0 Å². The summed E-state index contributed by atoms with van der Waals surface area (Å²) >= 11 is 1.93. The Morgan fingerprint density at radius 1 is 1.28 bits per heavy atom. The lowest BCUT2D eigenvalue weighted by Gasteiger charge is -2.31. The van der Waals surface area contributed by atoms with Gasteiger partial charge in [-0.05, 0) is 19.1 Å². The van der Waals surface area contributed by atoms with E-state index >= 15 is 0 Å². The van der Waals surface area contributed by atoms with Crippen molar-refractivity contribution < 1.29 is 0 Å². The number of hydrogen-bond acceptors (Lipinski definition) is 6. The van der Waals surface area contributed by atoms with E-state index < -0.39 is 0 Å². The van der Waals surface area contributed by atoms with Crippen molar-refractivity contribution in [2.75, 3.05) is 29.7 Å². The molecule has 2 rings (SSSR count). The maximum absolute atomic E-state index is 5.70. The zero-order chi connectivity index (χ0) is 13.0. The number of hydrogen-bond donors (Lipinski definition) is 3. The van der Waals surface area contributed by atoms with Crippen molar-refractivity contribution in [1.82, 2.24) is 9.97 Å². The van der Waals surface area contributed by atoms with E-state index in [9.17, 15) is 0 Å². The molecule has 2 unspecified atom stereocenters. The first-order valence-electron chi connectivity index (χ1n) is 6.34. The van der Waals surface area contributed by atoms with E-state index in [1.807, 2.05) is 24.9 Å². The summed E-state index contributed by atoms with van der Waals surface area (Å²) < 4.78 is 0. The Balaban J connectivity index is 2.09. The maximum atomic E-state index is 5.70. The molecule has 1 heterocycles. The van der Waals surface area contributed by atoms with Gasteiger partial charge in [-0.1, -0.05) is 12.8 Å². The molecule has 0 bridgehead atoms. The van der Waals surface area contributed by atoms with E-state index in [2.05, 4.69) is 26.9 Å². The molecule has 0 saturated heterocycles. The third-order valence-electron chi connectivity index (χ3n) is 3.34. The molecule has 6 heteroatoms. The zero-order valence-electron chi connectivity index (χ0n) is 10.9. The first-order chi connectivity index (χ1) is 8.72. The van der Waals surface area contributed by atoms with Gasteiger partial charge in [-0.15, -0.1) is 0 Å². The monoisotopic (exact) mass is 267 g/mol. The Morgan fingerprint density at radius 2 is 2.00 bits per heavy atom. The zero-order valence-corrected chi connectivity index (χ0v) is 11.8. The van der Waals surface area contributed by atoms with E-state index in [0.29, 0.717) is 17.2 Å². The predicted molar refractivity (Wildman–Crippen MR) is 79.2 cm³/mol. The first-order valence-corrected chi connectivity index (χ1v) is 7.63. The van der Waals surface area contributed by atoms with E-state index in [4.69, 9.17) is 5.73 Å². The lowest BCUT2D eigenvalue weighted by atomic mass is 9.95. The van der Waals surface area contributed by atoms with Crippen LogP contribution >= 0.6 is 11.8 Å². The number of aromatic nitrogens is 2. The van der Waals surface area contributed by atoms with Crippen LogP contribution in [0.4, 0.5) is 17.6 Å².